The van der Waals surface area contributed by atoms with E-state index in [1.807, 2.05) is 45.0 Å². The lowest BCUT2D eigenvalue weighted by atomic mass is 9.92. The van der Waals surface area contributed by atoms with E-state index in [9.17, 15) is 18.0 Å². The first-order chi connectivity index (χ1) is 17.8. The van der Waals surface area contributed by atoms with Crippen molar-refractivity contribution >= 4 is 56.5 Å². The lowest BCUT2D eigenvalue weighted by Crippen LogP contribution is -2.44. The molecule has 3 aromatic rings. The number of carbonyl (C=O) groups is 2. The number of nitrogens with zero attached hydrogens (tertiary/aromatic N) is 3. The van der Waals surface area contributed by atoms with Crippen LogP contribution in [0, 0.1) is 0 Å². The molecule has 1 fully saturated rings. The van der Waals surface area contributed by atoms with Crippen LogP contribution in [-0.2, 0) is 26.5 Å². The lowest BCUT2D eigenvalue weighted by Gasteiger charge is -2.26. The molecule has 2 heterocycles. The maximum Gasteiger partial charge on any atom is 0.324 e. The van der Waals surface area contributed by atoms with Gasteiger partial charge in [0.1, 0.15) is 5.82 Å². The maximum atomic E-state index is 12.8. The average molecular weight is 579 g/mol. The minimum atomic E-state index is -3.05. The van der Waals surface area contributed by atoms with Crippen LogP contribution in [-0.4, -0.2) is 59.6 Å². The first-order valence-electron chi connectivity index (χ1n) is 12.0. The number of amides is 3. The quantitative estimate of drug-likeness (QED) is 0.446. The zero-order valence-corrected chi connectivity index (χ0v) is 23.6. The van der Waals surface area contributed by atoms with Crippen molar-refractivity contribution in [2.75, 3.05) is 35.2 Å². The van der Waals surface area contributed by atoms with E-state index in [-0.39, 0.29) is 47.4 Å². The first-order valence-corrected chi connectivity index (χ1v) is 14.6. The molecule has 3 amide bonds. The molecule has 4 rings (SSSR count). The van der Waals surface area contributed by atoms with Crippen molar-refractivity contribution < 1.29 is 18.0 Å². The summed E-state index contributed by atoms with van der Waals surface area (Å²) in [7, 11) is -3.05. The van der Waals surface area contributed by atoms with Gasteiger partial charge in [0.15, 0.2) is 9.84 Å². The Bertz CT molecular complexity index is 1450. The second-order valence-electron chi connectivity index (χ2n) is 10.1. The molecule has 0 atom stereocenters. The number of carbonyl (C=O) groups excluding carboxylic acids is 2. The molecule has 0 bridgehead atoms. The van der Waals surface area contributed by atoms with E-state index >= 15 is 0 Å². The molecule has 202 valence electrons. The van der Waals surface area contributed by atoms with E-state index in [0.717, 1.165) is 11.3 Å². The van der Waals surface area contributed by atoms with Crippen molar-refractivity contribution in [2.24, 2.45) is 0 Å². The number of benzene rings is 2. The van der Waals surface area contributed by atoms with E-state index in [2.05, 4.69) is 10.6 Å². The number of urea groups is 1. The fourth-order valence-corrected chi connectivity index (χ4v) is 5.46. The molecular weight excluding hydrogens is 549 g/mol. The molecule has 2 N–H and O–H groups in total. The summed E-state index contributed by atoms with van der Waals surface area (Å²) in [5.74, 6) is 0.337. The molecule has 2 aromatic carbocycles. The fourth-order valence-electron chi connectivity index (χ4n) is 3.91. The van der Waals surface area contributed by atoms with Crippen LogP contribution < -0.4 is 10.6 Å². The molecule has 1 aromatic heterocycles. The summed E-state index contributed by atoms with van der Waals surface area (Å²) in [6, 6.07) is 13.5. The summed E-state index contributed by atoms with van der Waals surface area (Å²) in [6.45, 7) is 6.51. The molecule has 12 heteroatoms. The van der Waals surface area contributed by atoms with Gasteiger partial charge in [0.2, 0.25) is 5.91 Å². The molecule has 38 heavy (non-hydrogen) atoms. The largest absolute Gasteiger partial charge is 0.340 e. The van der Waals surface area contributed by atoms with Gasteiger partial charge < -0.3 is 10.2 Å². The van der Waals surface area contributed by atoms with Gasteiger partial charge in [0.05, 0.1) is 45.0 Å². The Morgan fingerprint density at radius 2 is 1.66 bits per heavy atom. The van der Waals surface area contributed by atoms with Crippen LogP contribution in [0.25, 0.3) is 5.69 Å². The monoisotopic (exact) mass is 577 g/mol. The Hall–Kier alpha value is -3.08. The topological polar surface area (TPSA) is 113 Å². The van der Waals surface area contributed by atoms with Crippen molar-refractivity contribution in [1.82, 2.24) is 14.7 Å². The lowest BCUT2D eigenvalue weighted by molar-refractivity contribution is -0.130. The minimum absolute atomic E-state index is 0.0000418. The molecule has 0 spiro atoms. The predicted octanol–water partition coefficient (Wildman–Crippen LogP) is 4.92. The van der Waals surface area contributed by atoms with Crippen LogP contribution in [0.2, 0.25) is 10.0 Å². The number of rotatable bonds is 5. The van der Waals surface area contributed by atoms with E-state index < -0.39 is 15.9 Å². The van der Waals surface area contributed by atoms with Gasteiger partial charge in [0.25, 0.3) is 0 Å². The van der Waals surface area contributed by atoms with Gasteiger partial charge >= 0.3 is 6.03 Å². The molecule has 0 radical (unpaired) electrons. The number of hydrogen-bond donors (Lipinski definition) is 2. The van der Waals surface area contributed by atoms with E-state index in [1.165, 1.54) is 0 Å². The van der Waals surface area contributed by atoms with Gasteiger partial charge in [-0.05, 0) is 29.8 Å². The van der Waals surface area contributed by atoms with E-state index in [4.69, 9.17) is 28.3 Å². The highest BCUT2D eigenvalue weighted by Gasteiger charge is 2.25. The van der Waals surface area contributed by atoms with Crippen molar-refractivity contribution in [3.05, 3.63) is 69.8 Å². The number of hydrogen-bond acceptors (Lipinski definition) is 5. The first kappa shape index (κ1) is 27.9. The SMILES string of the molecule is CC(C)(C)c1cc(NC(=O)Nc2cccc(Cl)c2Cl)n(-c2ccc(CC(=O)N3CCS(=O)(=O)CC3)cc2)n1. The second kappa shape index (κ2) is 11.0. The average Bonchev–Trinajstić information content (AvgIpc) is 3.26. The summed E-state index contributed by atoms with van der Waals surface area (Å²) >= 11 is 12.2. The van der Waals surface area contributed by atoms with E-state index in [1.54, 1.807) is 33.8 Å². The van der Waals surface area contributed by atoms with Crippen LogP contribution in [0.15, 0.2) is 48.5 Å². The molecule has 1 aliphatic heterocycles. The number of halogens is 2. The minimum Gasteiger partial charge on any atom is -0.340 e. The second-order valence-corrected chi connectivity index (χ2v) is 13.2. The van der Waals surface area contributed by atoms with Crippen LogP contribution in [0.1, 0.15) is 32.0 Å². The van der Waals surface area contributed by atoms with Gasteiger partial charge in [0, 0.05) is 24.6 Å². The molecule has 1 saturated heterocycles. The Balaban J connectivity index is 1.51. The van der Waals surface area contributed by atoms with Crippen LogP contribution >= 0.6 is 23.2 Å². The standard InChI is InChI=1S/C26H29Cl2N5O4S/c1-26(2,3)21-16-22(30-25(35)29-20-6-4-5-19(27)24(20)28)33(31-21)18-9-7-17(8-10-18)15-23(34)32-11-13-38(36,37)14-12-32/h4-10,16H,11-15H2,1-3H3,(H2,29,30,35). The zero-order valence-electron chi connectivity index (χ0n) is 21.3. The van der Waals surface area contributed by atoms with Gasteiger partial charge in [-0.1, -0.05) is 62.2 Å². The Morgan fingerprint density at radius 3 is 2.29 bits per heavy atom. The van der Waals surface area contributed by atoms with Gasteiger partial charge in [-0.25, -0.2) is 17.9 Å². The van der Waals surface area contributed by atoms with Crippen molar-refractivity contribution in [2.45, 2.75) is 32.6 Å². The highest BCUT2D eigenvalue weighted by molar-refractivity contribution is 7.91. The van der Waals surface area contributed by atoms with Gasteiger partial charge in [-0.2, -0.15) is 5.10 Å². The highest BCUT2D eigenvalue weighted by atomic mass is 35.5. The Labute approximate surface area is 232 Å². The number of sulfone groups is 1. The van der Waals surface area contributed by atoms with Gasteiger partial charge in [-0.3, -0.25) is 10.1 Å². The van der Waals surface area contributed by atoms with Crippen molar-refractivity contribution in [1.29, 1.82) is 0 Å². The third-order valence-electron chi connectivity index (χ3n) is 6.15. The number of nitrogens with one attached hydrogen (secondary N) is 2. The summed E-state index contributed by atoms with van der Waals surface area (Å²) < 4.78 is 24.9. The van der Waals surface area contributed by atoms with Crippen LogP contribution in [0.5, 0.6) is 0 Å². The molecule has 0 saturated carbocycles. The van der Waals surface area contributed by atoms with Crippen molar-refractivity contribution in [3.8, 4) is 5.69 Å². The molecular formula is C26H29Cl2N5O4S. The molecule has 0 unspecified atom stereocenters. The number of aromatic nitrogens is 2. The van der Waals surface area contributed by atoms with E-state index in [0.29, 0.717) is 22.2 Å². The normalized spacial score (nSPS) is 15.2. The number of anilines is 2. The van der Waals surface area contributed by atoms with Gasteiger partial charge in [-0.15, -0.1) is 0 Å². The zero-order chi connectivity index (χ0) is 27.7. The third kappa shape index (κ3) is 6.67. The summed E-state index contributed by atoms with van der Waals surface area (Å²) in [5.41, 5.74) is 2.35. The Morgan fingerprint density at radius 1 is 1.00 bits per heavy atom. The Kier molecular flexibility index (Phi) is 8.06. The molecule has 1 aliphatic rings. The highest BCUT2D eigenvalue weighted by Crippen LogP contribution is 2.30. The van der Waals surface area contributed by atoms with Crippen LogP contribution in [0.4, 0.5) is 16.3 Å². The predicted molar refractivity (Wildman–Crippen MR) is 150 cm³/mol. The van der Waals surface area contributed by atoms with Crippen LogP contribution in [0.3, 0.4) is 0 Å². The fraction of sp³-hybridized carbons (Fsp3) is 0.346. The molecule has 9 nitrogen and oxygen atoms in total. The third-order valence-corrected chi connectivity index (χ3v) is 8.58. The summed E-state index contributed by atoms with van der Waals surface area (Å²) in [5, 5.41) is 10.8. The summed E-state index contributed by atoms with van der Waals surface area (Å²) in [4.78, 5) is 27.1. The van der Waals surface area contributed by atoms with Crippen molar-refractivity contribution in [3.63, 3.8) is 0 Å². The maximum absolute atomic E-state index is 12.8. The molecule has 0 aliphatic carbocycles. The smallest absolute Gasteiger partial charge is 0.324 e. The summed E-state index contributed by atoms with van der Waals surface area (Å²) in [6.07, 6.45) is 0.167.